The van der Waals surface area contributed by atoms with E-state index in [-0.39, 0.29) is 5.78 Å². The highest BCUT2D eigenvalue weighted by Gasteiger charge is 2.07. The first-order valence-electron chi connectivity index (χ1n) is 4.89. The number of aryl methyl sites for hydroxylation is 1. The van der Waals surface area contributed by atoms with Crippen LogP contribution >= 0.6 is 0 Å². The zero-order chi connectivity index (χ0) is 9.97. The molecular formula is C12H13NO. The molecule has 0 saturated heterocycles. The number of fused-ring (bicyclic) bond motifs is 1. The van der Waals surface area contributed by atoms with Crippen LogP contribution in [-0.2, 0) is 17.6 Å². The number of ketones is 1. The van der Waals surface area contributed by atoms with E-state index >= 15 is 0 Å². The lowest BCUT2D eigenvalue weighted by Crippen LogP contribution is -2.02. The van der Waals surface area contributed by atoms with Crippen LogP contribution < -0.4 is 0 Å². The lowest BCUT2D eigenvalue weighted by atomic mass is 9.99. The van der Waals surface area contributed by atoms with Crippen LogP contribution in [-0.4, -0.2) is 10.8 Å². The van der Waals surface area contributed by atoms with E-state index in [4.69, 9.17) is 0 Å². The van der Waals surface area contributed by atoms with Crippen LogP contribution in [0.4, 0.5) is 0 Å². The average Bonchev–Trinajstić information content (AvgIpc) is 2.17. The van der Waals surface area contributed by atoms with Crippen molar-refractivity contribution in [1.29, 1.82) is 0 Å². The van der Waals surface area contributed by atoms with Crippen LogP contribution in [0.1, 0.15) is 30.2 Å². The van der Waals surface area contributed by atoms with Gasteiger partial charge in [-0.3, -0.25) is 9.78 Å². The molecule has 0 N–H and O–H groups in total. The molecule has 1 aliphatic rings. The summed E-state index contributed by atoms with van der Waals surface area (Å²) in [5, 5.41) is 0. The van der Waals surface area contributed by atoms with Crippen molar-refractivity contribution in [3.63, 3.8) is 0 Å². The minimum Gasteiger partial charge on any atom is -0.300 e. The Morgan fingerprint density at radius 1 is 1.57 bits per heavy atom. The lowest BCUT2D eigenvalue weighted by Gasteiger charge is -2.10. The number of carbonyl (C=O) groups is 1. The molecule has 0 aromatic carbocycles. The summed E-state index contributed by atoms with van der Waals surface area (Å²) >= 11 is 0. The summed E-state index contributed by atoms with van der Waals surface area (Å²) in [6.45, 7) is 1.61. The minimum absolute atomic E-state index is 0.193. The first kappa shape index (κ1) is 9.13. The highest BCUT2D eigenvalue weighted by Crippen LogP contribution is 2.18. The van der Waals surface area contributed by atoms with Crippen LogP contribution in [0.25, 0.3) is 6.08 Å². The van der Waals surface area contributed by atoms with E-state index in [2.05, 4.69) is 23.2 Å². The van der Waals surface area contributed by atoms with E-state index in [0.29, 0.717) is 6.42 Å². The third kappa shape index (κ3) is 1.90. The molecule has 2 rings (SSSR count). The first-order valence-corrected chi connectivity index (χ1v) is 4.89. The van der Waals surface area contributed by atoms with Gasteiger partial charge in [-0.1, -0.05) is 12.1 Å². The van der Waals surface area contributed by atoms with Gasteiger partial charge < -0.3 is 0 Å². The molecule has 0 fully saturated rings. The van der Waals surface area contributed by atoms with Gasteiger partial charge in [0.05, 0.1) is 5.69 Å². The number of carbonyl (C=O) groups excluding carboxylic acids is 1. The first-order chi connectivity index (χ1) is 6.75. The molecule has 2 heteroatoms. The van der Waals surface area contributed by atoms with Crippen molar-refractivity contribution in [2.75, 3.05) is 0 Å². The van der Waals surface area contributed by atoms with Gasteiger partial charge in [-0.15, -0.1) is 0 Å². The Morgan fingerprint density at radius 3 is 3.21 bits per heavy atom. The molecule has 0 bridgehead atoms. The molecular weight excluding hydrogens is 174 g/mol. The topological polar surface area (TPSA) is 30.0 Å². The fourth-order valence-electron chi connectivity index (χ4n) is 1.74. The van der Waals surface area contributed by atoms with Crippen molar-refractivity contribution < 1.29 is 4.79 Å². The second-order valence-corrected chi connectivity index (χ2v) is 3.71. The van der Waals surface area contributed by atoms with Crippen LogP contribution in [0.5, 0.6) is 0 Å². The summed E-state index contributed by atoms with van der Waals surface area (Å²) in [6.07, 6.45) is 8.62. The second-order valence-electron chi connectivity index (χ2n) is 3.71. The number of nitrogens with zero attached hydrogens (tertiary/aromatic N) is 1. The van der Waals surface area contributed by atoms with Gasteiger partial charge in [0, 0.05) is 12.6 Å². The summed E-state index contributed by atoms with van der Waals surface area (Å²) in [5.41, 5.74) is 3.36. The fraction of sp³-hybridized carbons (Fsp3) is 0.333. The Bertz CT molecular complexity index is 393. The number of Topliss-reactive ketones (excluding diaryl/α,β-unsaturated/α-hetero) is 1. The fourth-order valence-corrected chi connectivity index (χ4v) is 1.74. The summed E-state index contributed by atoms with van der Waals surface area (Å²) in [6, 6.07) is 2.10. The van der Waals surface area contributed by atoms with Gasteiger partial charge in [-0.2, -0.15) is 0 Å². The average molecular weight is 187 g/mol. The van der Waals surface area contributed by atoms with E-state index < -0.39 is 0 Å². The summed E-state index contributed by atoms with van der Waals surface area (Å²) in [5.74, 6) is 0.193. The van der Waals surface area contributed by atoms with Crippen molar-refractivity contribution in [2.24, 2.45) is 0 Å². The molecule has 72 valence electrons. The maximum absolute atomic E-state index is 10.9. The van der Waals surface area contributed by atoms with Crippen molar-refractivity contribution in [3.05, 3.63) is 35.2 Å². The van der Waals surface area contributed by atoms with E-state index in [1.54, 1.807) is 13.1 Å². The number of allylic oxidation sites excluding steroid dienone is 1. The maximum Gasteiger partial charge on any atom is 0.134 e. The lowest BCUT2D eigenvalue weighted by molar-refractivity contribution is -0.116. The Balaban J connectivity index is 2.30. The van der Waals surface area contributed by atoms with E-state index in [0.717, 1.165) is 24.1 Å². The van der Waals surface area contributed by atoms with Crippen molar-refractivity contribution in [3.8, 4) is 0 Å². The van der Waals surface area contributed by atoms with Crippen molar-refractivity contribution in [1.82, 2.24) is 4.98 Å². The highest BCUT2D eigenvalue weighted by molar-refractivity contribution is 5.78. The Morgan fingerprint density at radius 2 is 2.43 bits per heavy atom. The molecule has 2 nitrogen and oxygen atoms in total. The Hall–Kier alpha value is -1.44. The predicted molar refractivity (Wildman–Crippen MR) is 56.0 cm³/mol. The SMILES string of the molecule is CC(=O)Cc1cnc2c(c1)CCC=C2. The molecule has 1 heterocycles. The monoisotopic (exact) mass is 187 g/mol. The van der Waals surface area contributed by atoms with Crippen molar-refractivity contribution >= 4 is 11.9 Å². The van der Waals surface area contributed by atoms with Gasteiger partial charge >= 0.3 is 0 Å². The van der Waals surface area contributed by atoms with Crippen LogP contribution in [0.3, 0.4) is 0 Å². The maximum atomic E-state index is 10.9. The zero-order valence-corrected chi connectivity index (χ0v) is 8.29. The third-order valence-corrected chi connectivity index (χ3v) is 2.37. The van der Waals surface area contributed by atoms with Gasteiger partial charge in [0.2, 0.25) is 0 Å². The summed E-state index contributed by atoms with van der Waals surface area (Å²) < 4.78 is 0. The van der Waals surface area contributed by atoms with Gasteiger partial charge in [0.25, 0.3) is 0 Å². The second kappa shape index (κ2) is 3.74. The molecule has 0 radical (unpaired) electrons. The highest BCUT2D eigenvalue weighted by atomic mass is 16.1. The smallest absolute Gasteiger partial charge is 0.134 e. The molecule has 1 aromatic rings. The van der Waals surface area contributed by atoms with Gasteiger partial charge in [-0.05, 0) is 37.0 Å². The number of rotatable bonds is 2. The quantitative estimate of drug-likeness (QED) is 0.710. The van der Waals surface area contributed by atoms with E-state index in [1.165, 1.54) is 5.56 Å². The van der Waals surface area contributed by atoms with E-state index in [9.17, 15) is 4.79 Å². The van der Waals surface area contributed by atoms with Crippen LogP contribution in [0.15, 0.2) is 18.3 Å². The molecule has 0 saturated carbocycles. The molecule has 1 aromatic heterocycles. The van der Waals surface area contributed by atoms with Crippen LogP contribution in [0.2, 0.25) is 0 Å². The largest absolute Gasteiger partial charge is 0.300 e. The molecule has 0 atom stereocenters. The molecule has 0 aliphatic heterocycles. The molecule has 0 unspecified atom stereocenters. The van der Waals surface area contributed by atoms with Gasteiger partial charge in [0.1, 0.15) is 5.78 Å². The standard InChI is InChI=1S/C12H13NO/c1-9(14)6-10-7-11-4-2-3-5-12(11)13-8-10/h3,5,7-8H,2,4,6H2,1H3. The normalized spacial score (nSPS) is 13.8. The molecule has 14 heavy (non-hydrogen) atoms. The number of pyridine rings is 1. The summed E-state index contributed by atoms with van der Waals surface area (Å²) in [7, 11) is 0. The summed E-state index contributed by atoms with van der Waals surface area (Å²) in [4.78, 5) is 15.3. The molecule has 0 amide bonds. The predicted octanol–water partition coefficient (Wildman–Crippen LogP) is 2.17. The Labute approximate surface area is 83.7 Å². The van der Waals surface area contributed by atoms with Crippen molar-refractivity contribution in [2.45, 2.75) is 26.2 Å². The molecule has 1 aliphatic carbocycles. The van der Waals surface area contributed by atoms with Gasteiger partial charge in [0.15, 0.2) is 0 Å². The van der Waals surface area contributed by atoms with Gasteiger partial charge in [-0.25, -0.2) is 0 Å². The zero-order valence-electron chi connectivity index (χ0n) is 8.29. The van der Waals surface area contributed by atoms with Crippen LogP contribution in [0, 0.1) is 0 Å². The minimum atomic E-state index is 0.193. The van der Waals surface area contributed by atoms with E-state index in [1.807, 2.05) is 0 Å². The number of aromatic nitrogens is 1. The Kier molecular flexibility index (Phi) is 2.44. The number of hydrogen-bond acceptors (Lipinski definition) is 2. The molecule has 0 spiro atoms. The number of hydrogen-bond donors (Lipinski definition) is 0. The third-order valence-electron chi connectivity index (χ3n) is 2.37.